The van der Waals surface area contributed by atoms with E-state index < -0.39 is 0 Å². The molecule has 23 heavy (non-hydrogen) atoms. The number of urea groups is 1. The van der Waals surface area contributed by atoms with Gasteiger partial charge in [-0.15, -0.1) is 0 Å². The second-order valence-corrected chi connectivity index (χ2v) is 6.56. The molecule has 126 valence electrons. The van der Waals surface area contributed by atoms with Crippen LogP contribution >= 0.6 is 11.6 Å². The van der Waals surface area contributed by atoms with Crippen LogP contribution < -0.4 is 10.1 Å². The number of amides is 2. The first-order valence-corrected chi connectivity index (χ1v) is 8.67. The lowest BCUT2D eigenvalue weighted by atomic mass is 9.99. The summed E-state index contributed by atoms with van der Waals surface area (Å²) in [4.78, 5) is 14.6. The van der Waals surface area contributed by atoms with Gasteiger partial charge >= 0.3 is 6.03 Å². The lowest BCUT2D eigenvalue weighted by molar-refractivity contribution is 0.127. The van der Waals surface area contributed by atoms with E-state index in [1.807, 2.05) is 17.0 Å². The van der Waals surface area contributed by atoms with Crippen molar-refractivity contribution in [3.63, 3.8) is 0 Å². The quantitative estimate of drug-likeness (QED) is 0.890. The number of aliphatic hydroxyl groups excluding tert-OH is 1. The van der Waals surface area contributed by atoms with Crippen molar-refractivity contribution in [2.75, 3.05) is 19.8 Å². The highest BCUT2D eigenvalue weighted by molar-refractivity contribution is 6.32. The second-order valence-electron chi connectivity index (χ2n) is 6.15. The Labute approximate surface area is 141 Å². The van der Waals surface area contributed by atoms with E-state index in [0.29, 0.717) is 23.8 Å². The van der Waals surface area contributed by atoms with Gasteiger partial charge in [0, 0.05) is 31.2 Å². The molecule has 2 N–H and O–H groups in total. The van der Waals surface area contributed by atoms with Crippen molar-refractivity contribution in [1.29, 1.82) is 0 Å². The van der Waals surface area contributed by atoms with Crippen molar-refractivity contribution in [3.05, 3.63) is 28.8 Å². The number of rotatable bonds is 3. The normalized spacial score (nSPS) is 23.8. The minimum absolute atomic E-state index is 0.0547. The molecule has 2 atom stereocenters. The number of piperidine rings is 1. The van der Waals surface area contributed by atoms with Crippen molar-refractivity contribution in [3.8, 4) is 5.75 Å². The number of ether oxygens (including phenoxy) is 1. The summed E-state index contributed by atoms with van der Waals surface area (Å²) < 4.78 is 5.64. The minimum Gasteiger partial charge on any atom is -0.492 e. The molecule has 2 amide bonds. The van der Waals surface area contributed by atoms with Crippen LogP contribution in [0.4, 0.5) is 4.79 Å². The predicted molar refractivity (Wildman–Crippen MR) is 88.9 cm³/mol. The molecule has 0 aromatic heterocycles. The molecule has 5 nitrogen and oxygen atoms in total. The number of nitrogens with zero attached hydrogens (tertiary/aromatic N) is 1. The Morgan fingerprint density at radius 1 is 1.39 bits per heavy atom. The highest BCUT2D eigenvalue weighted by Gasteiger charge is 2.30. The smallest absolute Gasteiger partial charge is 0.318 e. The van der Waals surface area contributed by atoms with E-state index in [4.69, 9.17) is 16.3 Å². The minimum atomic E-state index is -0.0818. The fourth-order valence-electron chi connectivity index (χ4n) is 3.49. The Kier molecular flexibility index (Phi) is 5.28. The highest BCUT2D eigenvalue weighted by Crippen LogP contribution is 2.37. The number of carbonyl (C=O) groups excluding carboxylic acids is 1. The van der Waals surface area contributed by atoms with Crippen LogP contribution in [0, 0.1) is 0 Å². The zero-order valence-electron chi connectivity index (χ0n) is 13.1. The van der Waals surface area contributed by atoms with E-state index in [9.17, 15) is 9.90 Å². The third kappa shape index (κ3) is 3.56. The Balaban J connectivity index is 1.72. The van der Waals surface area contributed by atoms with Crippen LogP contribution in [0.1, 0.15) is 43.7 Å². The first kappa shape index (κ1) is 16.4. The van der Waals surface area contributed by atoms with E-state index in [1.165, 1.54) is 0 Å². The van der Waals surface area contributed by atoms with Crippen molar-refractivity contribution in [2.24, 2.45) is 0 Å². The standard InChI is InChI=1S/C17H23ClN2O3/c18-14-6-3-5-13-15(8-11-23-16(13)14)19-17(22)20-9-2-1-4-12(20)7-10-21/h3,5-6,12,15,21H,1-2,4,7-11H2,(H,19,22). The predicted octanol–water partition coefficient (Wildman–Crippen LogP) is 3.11. The number of likely N-dealkylation sites (tertiary alicyclic amines) is 1. The first-order valence-electron chi connectivity index (χ1n) is 8.30. The molecule has 3 rings (SSSR count). The topological polar surface area (TPSA) is 61.8 Å². The average molecular weight is 339 g/mol. The molecule has 0 aliphatic carbocycles. The van der Waals surface area contributed by atoms with E-state index in [1.54, 1.807) is 6.07 Å². The first-order chi connectivity index (χ1) is 11.2. The van der Waals surface area contributed by atoms with Crippen LogP contribution in [0.3, 0.4) is 0 Å². The number of aliphatic hydroxyl groups is 1. The summed E-state index contributed by atoms with van der Waals surface area (Å²) in [7, 11) is 0. The number of halogens is 1. The molecular formula is C17H23ClN2O3. The molecule has 6 heteroatoms. The fourth-order valence-corrected chi connectivity index (χ4v) is 3.72. The molecule has 2 aliphatic heterocycles. The van der Waals surface area contributed by atoms with Gasteiger partial charge in [-0.3, -0.25) is 0 Å². The van der Waals surface area contributed by atoms with Crippen LogP contribution in [0.25, 0.3) is 0 Å². The summed E-state index contributed by atoms with van der Waals surface area (Å²) >= 11 is 6.18. The van der Waals surface area contributed by atoms with Crippen LogP contribution in [-0.4, -0.2) is 41.8 Å². The van der Waals surface area contributed by atoms with Crippen LogP contribution in [0.5, 0.6) is 5.75 Å². The fraction of sp³-hybridized carbons (Fsp3) is 0.588. The molecule has 0 bridgehead atoms. The van der Waals surface area contributed by atoms with Gasteiger partial charge in [0.1, 0.15) is 5.75 Å². The molecule has 0 radical (unpaired) electrons. The van der Waals surface area contributed by atoms with Gasteiger partial charge in [-0.2, -0.15) is 0 Å². The van der Waals surface area contributed by atoms with E-state index >= 15 is 0 Å². The van der Waals surface area contributed by atoms with Crippen molar-refractivity contribution in [1.82, 2.24) is 10.2 Å². The number of carbonyl (C=O) groups is 1. The van der Waals surface area contributed by atoms with Gasteiger partial charge in [-0.1, -0.05) is 23.7 Å². The molecule has 2 unspecified atom stereocenters. The number of hydrogen-bond donors (Lipinski definition) is 2. The third-order valence-corrected chi connectivity index (χ3v) is 4.97. The number of hydrogen-bond acceptors (Lipinski definition) is 3. The van der Waals surface area contributed by atoms with Gasteiger partial charge in [-0.05, 0) is 31.7 Å². The van der Waals surface area contributed by atoms with Crippen LogP contribution in [0.2, 0.25) is 5.02 Å². The van der Waals surface area contributed by atoms with Gasteiger partial charge in [0.2, 0.25) is 0 Å². The van der Waals surface area contributed by atoms with Gasteiger partial charge < -0.3 is 20.1 Å². The van der Waals surface area contributed by atoms with E-state index in [0.717, 1.165) is 37.8 Å². The zero-order valence-corrected chi connectivity index (χ0v) is 13.9. The van der Waals surface area contributed by atoms with Gasteiger partial charge in [0.15, 0.2) is 0 Å². The molecule has 0 saturated carbocycles. The third-order valence-electron chi connectivity index (χ3n) is 4.67. The lowest BCUT2D eigenvalue weighted by Crippen LogP contribution is -2.50. The van der Waals surface area contributed by atoms with Crippen molar-refractivity contribution < 1.29 is 14.6 Å². The van der Waals surface area contributed by atoms with Gasteiger partial charge in [-0.25, -0.2) is 4.79 Å². The summed E-state index contributed by atoms with van der Waals surface area (Å²) in [5.74, 6) is 0.677. The zero-order chi connectivity index (χ0) is 16.2. The van der Waals surface area contributed by atoms with Gasteiger partial charge in [0.05, 0.1) is 17.7 Å². The summed E-state index contributed by atoms with van der Waals surface area (Å²) in [5, 5.41) is 12.9. The molecule has 0 spiro atoms. The summed E-state index contributed by atoms with van der Waals surface area (Å²) in [6.07, 6.45) is 4.47. The molecule has 2 heterocycles. The Morgan fingerprint density at radius 2 is 2.26 bits per heavy atom. The molecule has 2 aliphatic rings. The maximum absolute atomic E-state index is 12.7. The SMILES string of the molecule is O=C(NC1CCOc2c(Cl)cccc21)N1CCCCC1CCO. The highest BCUT2D eigenvalue weighted by atomic mass is 35.5. The van der Waals surface area contributed by atoms with E-state index in [-0.39, 0.29) is 24.7 Å². The largest absolute Gasteiger partial charge is 0.492 e. The van der Waals surface area contributed by atoms with Gasteiger partial charge in [0.25, 0.3) is 0 Å². The van der Waals surface area contributed by atoms with E-state index in [2.05, 4.69) is 5.32 Å². The number of fused-ring (bicyclic) bond motifs is 1. The Bertz CT molecular complexity index is 565. The molecule has 1 aromatic carbocycles. The Hall–Kier alpha value is -1.46. The summed E-state index contributed by atoms with van der Waals surface area (Å²) in [6.45, 7) is 1.41. The number of nitrogens with one attached hydrogen (secondary N) is 1. The average Bonchev–Trinajstić information content (AvgIpc) is 2.56. The molecule has 1 saturated heterocycles. The van der Waals surface area contributed by atoms with Crippen LogP contribution in [-0.2, 0) is 0 Å². The lowest BCUT2D eigenvalue weighted by Gasteiger charge is -2.37. The number of para-hydroxylation sites is 1. The van der Waals surface area contributed by atoms with Crippen molar-refractivity contribution >= 4 is 17.6 Å². The number of benzene rings is 1. The maximum Gasteiger partial charge on any atom is 0.318 e. The monoisotopic (exact) mass is 338 g/mol. The second kappa shape index (κ2) is 7.41. The maximum atomic E-state index is 12.7. The summed E-state index contributed by atoms with van der Waals surface area (Å²) in [6, 6.07) is 5.62. The van der Waals surface area contributed by atoms with Crippen LogP contribution in [0.15, 0.2) is 18.2 Å². The summed E-state index contributed by atoms with van der Waals surface area (Å²) in [5.41, 5.74) is 0.938. The molecule has 1 aromatic rings. The molecular weight excluding hydrogens is 316 g/mol. The molecule has 1 fully saturated rings. The van der Waals surface area contributed by atoms with Crippen molar-refractivity contribution in [2.45, 2.75) is 44.2 Å². The Morgan fingerprint density at radius 3 is 3.09 bits per heavy atom.